The minimum absolute atomic E-state index is 0.0154. The summed E-state index contributed by atoms with van der Waals surface area (Å²) < 4.78 is 0. The van der Waals surface area contributed by atoms with Crippen molar-refractivity contribution < 1.29 is 39.6 Å². The predicted octanol–water partition coefficient (Wildman–Crippen LogP) is 17.2. The van der Waals surface area contributed by atoms with Gasteiger partial charge in [0.25, 0.3) is 0 Å². The standard InChI is InChI=1S/C22H38O8.5C6H14/c1-6-11-12-17(13(7-2)18(23)24)22(14(8-3)19(25)26,15(9-4)20(27)28)16(10-5)21(29)30;5*1-3-5-6-4-2/h13-17H,6-12H2,1-5H3,(H,23,24)(H,25,26)(H,27,28)(H,29,30);5*3-6H2,1-2H3. The highest BCUT2D eigenvalue weighted by Crippen LogP contribution is 2.57. The van der Waals surface area contributed by atoms with E-state index in [1.165, 1.54) is 128 Å². The number of hydrogen-bond acceptors (Lipinski definition) is 4. The van der Waals surface area contributed by atoms with E-state index in [2.05, 4.69) is 69.2 Å². The molecule has 364 valence electrons. The lowest BCUT2D eigenvalue weighted by molar-refractivity contribution is -0.185. The van der Waals surface area contributed by atoms with Gasteiger partial charge >= 0.3 is 23.9 Å². The first-order chi connectivity index (χ1) is 28.6. The monoisotopic (exact) mass is 861 g/mol. The molecule has 8 nitrogen and oxygen atoms in total. The Bertz CT molecular complexity index is 783. The molecular weight excluding hydrogens is 753 g/mol. The van der Waals surface area contributed by atoms with Gasteiger partial charge < -0.3 is 20.4 Å². The Morgan fingerprint density at radius 3 is 0.633 bits per heavy atom. The summed E-state index contributed by atoms with van der Waals surface area (Å²) in [7, 11) is 0. The Morgan fingerprint density at radius 1 is 0.317 bits per heavy atom. The molecule has 8 heteroatoms. The molecule has 0 aromatic carbocycles. The Hall–Kier alpha value is -2.12. The normalized spacial score (nSPS) is 13.7. The molecule has 0 radical (unpaired) electrons. The van der Waals surface area contributed by atoms with E-state index in [0.717, 1.165) is 0 Å². The highest BCUT2D eigenvalue weighted by Gasteiger charge is 2.62. The topological polar surface area (TPSA) is 149 Å². The molecule has 5 unspecified atom stereocenters. The van der Waals surface area contributed by atoms with Crippen LogP contribution in [0.5, 0.6) is 0 Å². The van der Waals surface area contributed by atoms with Crippen LogP contribution in [0.15, 0.2) is 0 Å². The van der Waals surface area contributed by atoms with Gasteiger partial charge in [0.15, 0.2) is 0 Å². The Morgan fingerprint density at radius 2 is 0.517 bits per heavy atom. The van der Waals surface area contributed by atoms with E-state index in [4.69, 9.17) is 0 Å². The Kier molecular flexibility index (Phi) is 61.5. The summed E-state index contributed by atoms with van der Waals surface area (Å²) in [6.07, 6.45) is 29.4. The second kappa shape index (κ2) is 53.0. The molecule has 4 N–H and O–H groups in total. The van der Waals surface area contributed by atoms with Gasteiger partial charge in [0.1, 0.15) is 0 Å². The van der Waals surface area contributed by atoms with E-state index in [1.807, 2.05) is 6.92 Å². The number of hydrogen-bond donors (Lipinski definition) is 4. The van der Waals surface area contributed by atoms with Crippen molar-refractivity contribution in [2.75, 3.05) is 0 Å². The van der Waals surface area contributed by atoms with Gasteiger partial charge in [0.2, 0.25) is 0 Å². The molecule has 0 fully saturated rings. The van der Waals surface area contributed by atoms with Crippen molar-refractivity contribution in [2.45, 2.75) is 277 Å². The van der Waals surface area contributed by atoms with E-state index in [1.54, 1.807) is 27.7 Å². The molecule has 0 aromatic heterocycles. The van der Waals surface area contributed by atoms with Gasteiger partial charge in [-0.1, -0.05) is 245 Å². The van der Waals surface area contributed by atoms with Gasteiger partial charge in [-0.3, -0.25) is 19.2 Å². The van der Waals surface area contributed by atoms with Crippen molar-refractivity contribution in [3.63, 3.8) is 0 Å². The lowest BCUT2D eigenvalue weighted by Crippen LogP contribution is -2.58. The van der Waals surface area contributed by atoms with Gasteiger partial charge in [-0.2, -0.15) is 0 Å². The molecule has 0 aliphatic heterocycles. The zero-order valence-electron chi connectivity index (χ0n) is 42.9. The van der Waals surface area contributed by atoms with E-state index < -0.39 is 58.9 Å². The SMILES string of the molecule is CCCCC(C(CC)C(=O)O)C(C(CC)C(=O)O)(C(CC)C(=O)O)C(CC)C(=O)O.CCCCCC.CCCCCC.CCCCCC.CCCCCC.CCCCCC. The number of carboxylic acid groups (broad SMARTS) is 4. The molecule has 0 bridgehead atoms. The second-order valence-electron chi connectivity index (χ2n) is 16.5. The van der Waals surface area contributed by atoms with Crippen LogP contribution in [-0.2, 0) is 19.2 Å². The summed E-state index contributed by atoms with van der Waals surface area (Å²) in [5.41, 5.74) is -1.74. The molecule has 0 rings (SSSR count). The Labute approximate surface area is 374 Å². The number of unbranched alkanes of at least 4 members (excludes halogenated alkanes) is 16. The average Bonchev–Trinajstić information content (AvgIpc) is 3.22. The van der Waals surface area contributed by atoms with Crippen LogP contribution in [0, 0.1) is 35.0 Å². The van der Waals surface area contributed by atoms with Gasteiger partial charge in [-0.25, -0.2) is 0 Å². The fourth-order valence-corrected chi connectivity index (χ4v) is 8.08. The number of aliphatic carboxylic acids is 4. The molecule has 0 aromatic rings. The zero-order chi connectivity index (χ0) is 47.8. The lowest BCUT2D eigenvalue weighted by atomic mass is 9.48. The van der Waals surface area contributed by atoms with E-state index in [0.29, 0.717) is 12.8 Å². The van der Waals surface area contributed by atoms with Crippen molar-refractivity contribution in [1.29, 1.82) is 0 Å². The fourth-order valence-electron chi connectivity index (χ4n) is 8.08. The minimum atomic E-state index is -1.74. The van der Waals surface area contributed by atoms with Gasteiger partial charge in [-0.05, 0) is 38.0 Å². The molecule has 60 heavy (non-hydrogen) atoms. The first-order valence-corrected chi connectivity index (χ1v) is 25.5. The molecule has 0 saturated heterocycles. The van der Waals surface area contributed by atoms with E-state index in [-0.39, 0.29) is 32.1 Å². The van der Waals surface area contributed by atoms with Crippen molar-refractivity contribution in [2.24, 2.45) is 35.0 Å². The summed E-state index contributed by atoms with van der Waals surface area (Å²) in [6.45, 7) is 30.7. The van der Waals surface area contributed by atoms with Crippen LogP contribution in [0.25, 0.3) is 0 Å². The van der Waals surface area contributed by atoms with Crippen LogP contribution in [0.3, 0.4) is 0 Å². The second-order valence-corrected chi connectivity index (χ2v) is 16.5. The number of rotatable bonds is 31. The lowest BCUT2D eigenvalue weighted by Gasteiger charge is -2.53. The van der Waals surface area contributed by atoms with Crippen LogP contribution < -0.4 is 0 Å². The summed E-state index contributed by atoms with van der Waals surface area (Å²) in [6, 6.07) is 0. The molecule has 5 atom stereocenters. The first-order valence-electron chi connectivity index (χ1n) is 25.5. The third kappa shape index (κ3) is 35.5. The maximum atomic E-state index is 12.4. The van der Waals surface area contributed by atoms with Crippen LogP contribution >= 0.6 is 0 Å². The fraction of sp³-hybridized carbons (Fsp3) is 0.923. The van der Waals surface area contributed by atoms with Crippen molar-refractivity contribution in [3.05, 3.63) is 0 Å². The molecule has 0 saturated carbocycles. The van der Waals surface area contributed by atoms with Crippen molar-refractivity contribution in [1.82, 2.24) is 0 Å². The van der Waals surface area contributed by atoms with Gasteiger partial charge in [0.05, 0.1) is 23.7 Å². The van der Waals surface area contributed by atoms with Crippen LogP contribution in [-0.4, -0.2) is 44.3 Å². The largest absolute Gasteiger partial charge is 0.481 e. The molecule has 0 amide bonds. The Balaban J connectivity index is -0.000000193. The minimum Gasteiger partial charge on any atom is -0.481 e. The van der Waals surface area contributed by atoms with Crippen LogP contribution in [0.4, 0.5) is 0 Å². The van der Waals surface area contributed by atoms with E-state index in [9.17, 15) is 39.6 Å². The maximum Gasteiger partial charge on any atom is 0.307 e. The van der Waals surface area contributed by atoms with Crippen molar-refractivity contribution >= 4 is 23.9 Å². The number of carboxylic acids is 4. The molecule has 0 spiro atoms. The predicted molar refractivity (Wildman–Crippen MR) is 260 cm³/mol. The average molecular weight is 861 g/mol. The highest BCUT2D eigenvalue weighted by molar-refractivity contribution is 5.81. The van der Waals surface area contributed by atoms with Crippen LogP contribution in [0.2, 0.25) is 0 Å². The molecule has 0 aliphatic rings. The zero-order valence-corrected chi connectivity index (χ0v) is 42.9. The van der Waals surface area contributed by atoms with Gasteiger partial charge in [0, 0.05) is 5.41 Å². The summed E-state index contributed by atoms with van der Waals surface area (Å²) in [5, 5.41) is 40.2. The number of carbonyl (C=O) groups is 4. The van der Waals surface area contributed by atoms with Crippen molar-refractivity contribution in [3.8, 4) is 0 Å². The summed E-state index contributed by atoms with van der Waals surface area (Å²) >= 11 is 0. The van der Waals surface area contributed by atoms with E-state index >= 15 is 0 Å². The highest BCUT2D eigenvalue weighted by atomic mass is 16.4. The third-order valence-corrected chi connectivity index (χ3v) is 11.5. The smallest absolute Gasteiger partial charge is 0.307 e. The van der Waals surface area contributed by atoms with Crippen LogP contribution in [0.1, 0.15) is 277 Å². The molecule has 0 aliphatic carbocycles. The maximum absolute atomic E-state index is 12.4. The quantitative estimate of drug-likeness (QED) is 0.0503. The van der Waals surface area contributed by atoms with Gasteiger partial charge in [-0.15, -0.1) is 0 Å². The molecule has 0 heterocycles. The first kappa shape index (κ1) is 69.6. The third-order valence-electron chi connectivity index (χ3n) is 11.5. The summed E-state index contributed by atoms with van der Waals surface area (Å²) in [4.78, 5) is 49.3. The summed E-state index contributed by atoms with van der Waals surface area (Å²) in [5.74, 6) is -10.8. The molecular formula is C52H108O8.